The van der Waals surface area contributed by atoms with Gasteiger partial charge in [0.25, 0.3) is 0 Å². The molecule has 2 aliphatic rings. The first kappa shape index (κ1) is 27.1. The molecule has 0 amide bonds. The second-order valence-electron chi connectivity index (χ2n) is 12.7. The van der Waals surface area contributed by atoms with Crippen molar-refractivity contribution >= 4 is 22.6 Å². The summed E-state index contributed by atoms with van der Waals surface area (Å²) in [5.41, 5.74) is 3.86. The van der Waals surface area contributed by atoms with Crippen LogP contribution in [-0.4, -0.2) is 28.2 Å². The Morgan fingerprint density at radius 3 is 2.38 bits per heavy atom. The molecule has 1 aliphatic heterocycles. The van der Waals surface area contributed by atoms with Crippen LogP contribution in [0.5, 0.6) is 11.5 Å². The van der Waals surface area contributed by atoms with Crippen LogP contribution in [0.2, 0.25) is 39.3 Å². The molecule has 190 valence electrons. The Balaban J connectivity index is 2.31. The Morgan fingerprint density at radius 1 is 1.12 bits per heavy atom. The van der Waals surface area contributed by atoms with E-state index >= 15 is 0 Å². The molecule has 4 nitrogen and oxygen atoms in total. The Labute approximate surface area is 209 Å². The largest absolute Gasteiger partial charge is 0.543 e. The summed E-state index contributed by atoms with van der Waals surface area (Å²) in [4.78, 5) is 13.7. The van der Waals surface area contributed by atoms with Crippen molar-refractivity contribution in [2.45, 2.75) is 117 Å². The normalized spacial score (nSPS) is 21.6. The highest BCUT2D eigenvalue weighted by Gasteiger charge is 2.47. The number of carbonyl (C=O) groups is 1. The zero-order chi connectivity index (χ0) is 25.5. The van der Waals surface area contributed by atoms with E-state index in [-0.39, 0.29) is 17.5 Å². The molecular weight excluding hydrogens is 456 g/mol. The average molecular weight is 503 g/mol. The summed E-state index contributed by atoms with van der Waals surface area (Å²) in [6.07, 6.45) is 8.69. The lowest BCUT2D eigenvalue weighted by Crippen LogP contribution is -2.46. The summed E-state index contributed by atoms with van der Waals surface area (Å²) in [7, 11) is -4.12. The molecule has 0 aromatic heterocycles. The highest BCUT2D eigenvalue weighted by atomic mass is 28.4. The lowest BCUT2D eigenvalue weighted by atomic mass is 9.67. The zero-order valence-corrected chi connectivity index (χ0v) is 25.2. The molecule has 0 radical (unpaired) electrons. The van der Waals surface area contributed by atoms with Gasteiger partial charge in [0.2, 0.25) is 16.6 Å². The van der Waals surface area contributed by atoms with Gasteiger partial charge in [-0.05, 0) is 97.4 Å². The van der Waals surface area contributed by atoms with Gasteiger partial charge < -0.3 is 13.6 Å². The van der Waals surface area contributed by atoms with Crippen molar-refractivity contribution < 1.29 is 18.4 Å². The third kappa shape index (κ3) is 6.17. The first-order valence-electron chi connectivity index (χ1n) is 13.1. The predicted octanol–water partition coefficient (Wildman–Crippen LogP) is 8.24. The van der Waals surface area contributed by atoms with E-state index in [1.54, 1.807) is 0 Å². The third-order valence-electron chi connectivity index (χ3n) is 6.77. The van der Waals surface area contributed by atoms with Crippen LogP contribution in [0.15, 0.2) is 17.7 Å². The van der Waals surface area contributed by atoms with Gasteiger partial charge in [-0.25, -0.2) is 4.79 Å². The number of fused-ring (bicyclic) bond motifs is 3. The van der Waals surface area contributed by atoms with E-state index in [1.807, 2.05) is 0 Å². The number of carbonyl (C=O) groups excluding carboxylic acids is 1. The quantitative estimate of drug-likeness (QED) is 0.204. The molecule has 0 spiro atoms. The second kappa shape index (κ2) is 9.84. The number of hydrogen-bond acceptors (Lipinski definition) is 4. The van der Waals surface area contributed by atoms with Crippen molar-refractivity contribution in [3.8, 4) is 11.5 Å². The molecule has 3 rings (SSSR count). The first-order chi connectivity index (χ1) is 15.6. The molecule has 0 unspecified atom stereocenters. The van der Waals surface area contributed by atoms with Crippen molar-refractivity contribution in [3.05, 3.63) is 34.4 Å². The average Bonchev–Trinajstić information content (AvgIpc) is 2.64. The van der Waals surface area contributed by atoms with Gasteiger partial charge in [0.1, 0.15) is 22.7 Å². The summed E-state index contributed by atoms with van der Waals surface area (Å²) in [5, 5.41) is 0. The number of rotatable bonds is 8. The van der Waals surface area contributed by atoms with Crippen molar-refractivity contribution in [3.63, 3.8) is 0 Å². The summed E-state index contributed by atoms with van der Waals surface area (Å²) in [6, 6.07) is 2.14. The van der Waals surface area contributed by atoms with Crippen molar-refractivity contribution in [2.75, 3.05) is 0 Å². The minimum absolute atomic E-state index is 0.182. The SMILES string of the molecule is CCCCCc1cc2c(c(O[Si](C)(C)C)c1C(=O)O[Si](C)(C)C)[C@@H]1C=C(C)CC[C@H]1C(C)(C)O2. The van der Waals surface area contributed by atoms with Gasteiger partial charge >= 0.3 is 5.97 Å². The van der Waals surface area contributed by atoms with Crippen LogP contribution in [0.4, 0.5) is 0 Å². The van der Waals surface area contributed by atoms with Gasteiger partial charge in [0.05, 0.1) is 0 Å². The lowest BCUT2D eigenvalue weighted by Gasteiger charge is -2.47. The molecule has 1 aromatic carbocycles. The fraction of sp³-hybridized carbons (Fsp3) is 0.679. The third-order valence-corrected chi connectivity index (χ3v) is 8.39. The van der Waals surface area contributed by atoms with Gasteiger partial charge in [-0.15, -0.1) is 0 Å². The van der Waals surface area contributed by atoms with Gasteiger partial charge in [0.15, 0.2) is 0 Å². The molecule has 0 saturated heterocycles. The molecule has 0 N–H and O–H groups in total. The van der Waals surface area contributed by atoms with E-state index < -0.39 is 16.6 Å². The Morgan fingerprint density at radius 2 is 1.79 bits per heavy atom. The minimum atomic E-state index is -2.09. The molecule has 0 bridgehead atoms. The molecule has 1 aliphatic carbocycles. The molecular formula is C28H46O4Si2. The Hall–Kier alpha value is -1.54. The maximum atomic E-state index is 13.7. The fourth-order valence-electron chi connectivity index (χ4n) is 5.32. The smallest absolute Gasteiger partial charge is 0.328 e. The van der Waals surface area contributed by atoms with Crippen molar-refractivity contribution in [2.24, 2.45) is 5.92 Å². The van der Waals surface area contributed by atoms with E-state index in [0.717, 1.165) is 61.2 Å². The fourth-order valence-corrected chi connectivity index (χ4v) is 6.80. The van der Waals surface area contributed by atoms with E-state index in [1.165, 1.54) is 5.57 Å². The topological polar surface area (TPSA) is 44.8 Å². The monoisotopic (exact) mass is 502 g/mol. The highest BCUT2D eigenvalue weighted by molar-refractivity contribution is 6.71. The number of benzene rings is 1. The molecule has 0 fully saturated rings. The standard InChI is InChI=1S/C28H46O4Si2/c1-11-12-13-14-20-18-23-25(21-17-19(2)15-16-22(21)28(3,4)30-23)26(31-33(5,6)7)24(20)27(29)32-34(8,9)10/h17-18,21-22H,11-16H2,1-10H3/t21-,22-/m1/s1. The van der Waals surface area contributed by atoms with E-state index in [0.29, 0.717) is 11.5 Å². The lowest BCUT2D eigenvalue weighted by molar-refractivity contribution is 0.0109. The minimum Gasteiger partial charge on any atom is -0.543 e. The van der Waals surface area contributed by atoms with Gasteiger partial charge in [-0.3, -0.25) is 0 Å². The van der Waals surface area contributed by atoms with Crippen LogP contribution in [0.3, 0.4) is 0 Å². The van der Waals surface area contributed by atoms with Gasteiger partial charge in [-0.2, -0.15) is 0 Å². The van der Waals surface area contributed by atoms with Crippen LogP contribution in [0.1, 0.15) is 87.2 Å². The van der Waals surface area contributed by atoms with Gasteiger partial charge in [0, 0.05) is 17.4 Å². The van der Waals surface area contributed by atoms with E-state index in [9.17, 15) is 4.79 Å². The zero-order valence-electron chi connectivity index (χ0n) is 23.2. The molecule has 0 saturated carbocycles. The first-order valence-corrected chi connectivity index (χ1v) is 19.9. The van der Waals surface area contributed by atoms with Crippen LogP contribution in [0.25, 0.3) is 0 Å². The molecule has 1 heterocycles. The number of allylic oxidation sites excluding steroid dienone is 2. The number of unbranched alkanes of at least 4 members (excludes halogenated alkanes) is 2. The highest BCUT2D eigenvalue weighted by Crippen LogP contribution is 2.55. The van der Waals surface area contributed by atoms with Crippen LogP contribution >= 0.6 is 0 Å². The predicted molar refractivity (Wildman–Crippen MR) is 146 cm³/mol. The van der Waals surface area contributed by atoms with E-state index in [4.69, 9.17) is 13.6 Å². The molecule has 1 aromatic rings. The van der Waals surface area contributed by atoms with Crippen molar-refractivity contribution in [1.82, 2.24) is 0 Å². The molecule has 6 heteroatoms. The van der Waals surface area contributed by atoms with Gasteiger partial charge in [-0.1, -0.05) is 31.4 Å². The summed E-state index contributed by atoms with van der Waals surface area (Å²) in [5.74, 6) is 1.94. The number of ether oxygens (including phenoxy) is 1. The Bertz CT molecular complexity index is 951. The summed E-state index contributed by atoms with van der Waals surface area (Å²) >= 11 is 0. The summed E-state index contributed by atoms with van der Waals surface area (Å²) in [6.45, 7) is 21.6. The molecule has 2 atom stereocenters. The molecule has 34 heavy (non-hydrogen) atoms. The van der Waals surface area contributed by atoms with E-state index in [2.05, 4.69) is 79.1 Å². The van der Waals surface area contributed by atoms with Crippen LogP contribution < -0.4 is 9.16 Å². The number of aryl methyl sites for hydroxylation is 1. The van der Waals surface area contributed by atoms with Crippen LogP contribution in [-0.2, 0) is 10.8 Å². The van der Waals surface area contributed by atoms with Crippen molar-refractivity contribution in [1.29, 1.82) is 0 Å². The second-order valence-corrected chi connectivity index (χ2v) is 21.6. The maximum Gasteiger partial charge on any atom is 0.328 e. The Kier molecular flexibility index (Phi) is 7.83. The van der Waals surface area contributed by atoms with Crippen LogP contribution in [0, 0.1) is 5.92 Å². The number of hydrogen-bond donors (Lipinski definition) is 0. The summed E-state index contributed by atoms with van der Waals surface area (Å²) < 4.78 is 19.6. The maximum absolute atomic E-state index is 13.7.